The Kier molecular flexibility index (Phi) is 3.91. The van der Waals surface area contributed by atoms with Crippen molar-refractivity contribution in [1.82, 2.24) is 10.6 Å². The van der Waals surface area contributed by atoms with Gasteiger partial charge in [-0.15, -0.1) is 0 Å². The molecule has 2 aliphatic carbocycles. The summed E-state index contributed by atoms with van der Waals surface area (Å²) in [4.78, 5) is 0. The van der Waals surface area contributed by atoms with Crippen LogP contribution in [-0.2, 0) is 0 Å². The van der Waals surface area contributed by atoms with Crippen molar-refractivity contribution in [3.05, 3.63) is 0 Å². The van der Waals surface area contributed by atoms with E-state index >= 15 is 0 Å². The minimum atomic E-state index is 0.454. The molecule has 0 spiro atoms. The van der Waals surface area contributed by atoms with Crippen molar-refractivity contribution in [2.24, 2.45) is 5.41 Å². The molecule has 0 bridgehead atoms. The van der Waals surface area contributed by atoms with Crippen LogP contribution in [0.25, 0.3) is 0 Å². The first-order valence-corrected chi connectivity index (χ1v) is 7.08. The van der Waals surface area contributed by atoms with Crippen molar-refractivity contribution in [2.45, 2.75) is 63.8 Å². The fraction of sp³-hybridized carbons (Fsp3) is 1.00. The van der Waals surface area contributed by atoms with Gasteiger partial charge in [0.25, 0.3) is 0 Å². The molecule has 2 fully saturated rings. The molecule has 2 rings (SSSR count). The standard InChI is InChI=1S/C14H28N2/c1-13(8-9-13)12-16-11-10-14(15-2)6-4-3-5-7-14/h15-16H,3-12H2,1-2H3. The second-order valence-corrected chi connectivity index (χ2v) is 6.33. The lowest BCUT2D eigenvalue weighted by Gasteiger charge is -2.37. The highest BCUT2D eigenvalue weighted by atomic mass is 15.0. The van der Waals surface area contributed by atoms with Crippen LogP contribution in [-0.4, -0.2) is 25.7 Å². The predicted molar refractivity (Wildman–Crippen MR) is 69.7 cm³/mol. The minimum Gasteiger partial charge on any atom is -0.316 e. The monoisotopic (exact) mass is 224 g/mol. The first-order valence-electron chi connectivity index (χ1n) is 7.08. The Morgan fingerprint density at radius 1 is 1.00 bits per heavy atom. The molecule has 0 aromatic heterocycles. The van der Waals surface area contributed by atoms with Gasteiger partial charge < -0.3 is 10.6 Å². The summed E-state index contributed by atoms with van der Waals surface area (Å²) >= 11 is 0. The van der Waals surface area contributed by atoms with E-state index in [4.69, 9.17) is 0 Å². The van der Waals surface area contributed by atoms with Crippen molar-refractivity contribution in [3.8, 4) is 0 Å². The van der Waals surface area contributed by atoms with Crippen LogP contribution in [0.1, 0.15) is 58.3 Å². The van der Waals surface area contributed by atoms with E-state index in [0.717, 1.165) is 0 Å². The van der Waals surface area contributed by atoms with E-state index < -0.39 is 0 Å². The average molecular weight is 224 g/mol. The summed E-state index contributed by atoms with van der Waals surface area (Å²) in [7, 11) is 2.15. The Morgan fingerprint density at radius 2 is 1.69 bits per heavy atom. The first-order chi connectivity index (χ1) is 7.68. The molecule has 0 aromatic rings. The number of nitrogens with one attached hydrogen (secondary N) is 2. The Morgan fingerprint density at radius 3 is 2.25 bits per heavy atom. The van der Waals surface area contributed by atoms with E-state index in [0.29, 0.717) is 11.0 Å². The van der Waals surface area contributed by atoms with Crippen LogP contribution < -0.4 is 10.6 Å². The van der Waals surface area contributed by atoms with Gasteiger partial charge in [-0.1, -0.05) is 26.2 Å². The molecule has 0 amide bonds. The molecule has 0 radical (unpaired) electrons. The molecule has 16 heavy (non-hydrogen) atoms. The van der Waals surface area contributed by atoms with Crippen LogP contribution in [0.2, 0.25) is 0 Å². The molecule has 0 atom stereocenters. The number of rotatable bonds is 6. The summed E-state index contributed by atoms with van der Waals surface area (Å²) in [6.07, 6.45) is 11.2. The van der Waals surface area contributed by atoms with E-state index in [9.17, 15) is 0 Å². The van der Waals surface area contributed by atoms with Crippen molar-refractivity contribution < 1.29 is 0 Å². The number of hydrogen-bond acceptors (Lipinski definition) is 2. The van der Waals surface area contributed by atoms with E-state index in [1.54, 1.807) is 0 Å². The van der Waals surface area contributed by atoms with Gasteiger partial charge in [0.2, 0.25) is 0 Å². The Balaban J connectivity index is 1.65. The van der Waals surface area contributed by atoms with E-state index in [-0.39, 0.29) is 0 Å². The third kappa shape index (κ3) is 3.21. The fourth-order valence-corrected chi connectivity index (χ4v) is 2.96. The van der Waals surface area contributed by atoms with Crippen LogP contribution in [0.4, 0.5) is 0 Å². The summed E-state index contributed by atoms with van der Waals surface area (Å²) in [5, 5.41) is 7.24. The van der Waals surface area contributed by atoms with Crippen LogP contribution in [0.15, 0.2) is 0 Å². The highest BCUT2D eigenvalue weighted by Crippen LogP contribution is 2.44. The van der Waals surface area contributed by atoms with Gasteiger partial charge in [-0.05, 0) is 51.1 Å². The molecule has 0 aromatic carbocycles. The molecular formula is C14H28N2. The summed E-state index contributed by atoms with van der Waals surface area (Å²) < 4.78 is 0. The van der Waals surface area contributed by atoms with E-state index in [1.807, 2.05) is 0 Å². The SMILES string of the molecule is CNC1(CCNCC2(C)CC2)CCCCC1. The minimum absolute atomic E-state index is 0.454. The summed E-state index contributed by atoms with van der Waals surface area (Å²) in [6, 6.07) is 0. The summed E-state index contributed by atoms with van der Waals surface area (Å²) in [5.74, 6) is 0. The predicted octanol–water partition coefficient (Wildman–Crippen LogP) is 2.69. The lowest BCUT2D eigenvalue weighted by molar-refractivity contribution is 0.227. The molecule has 94 valence electrons. The fourth-order valence-electron chi connectivity index (χ4n) is 2.96. The van der Waals surface area contributed by atoms with Gasteiger partial charge in [0, 0.05) is 12.1 Å². The van der Waals surface area contributed by atoms with Crippen molar-refractivity contribution in [2.75, 3.05) is 20.1 Å². The highest BCUT2D eigenvalue weighted by molar-refractivity contribution is 4.92. The zero-order chi connectivity index (χ0) is 11.5. The Labute approximate surface area is 101 Å². The Bertz CT molecular complexity index is 215. The van der Waals surface area contributed by atoms with Gasteiger partial charge in [0.05, 0.1) is 0 Å². The second kappa shape index (κ2) is 5.05. The van der Waals surface area contributed by atoms with Crippen LogP contribution in [0.3, 0.4) is 0 Å². The van der Waals surface area contributed by atoms with Crippen molar-refractivity contribution in [1.29, 1.82) is 0 Å². The largest absolute Gasteiger partial charge is 0.316 e. The van der Waals surface area contributed by atoms with Crippen molar-refractivity contribution in [3.63, 3.8) is 0 Å². The molecule has 0 saturated heterocycles. The molecule has 2 saturated carbocycles. The van der Waals surface area contributed by atoms with Gasteiger partial charge in [-0.25, -0.2) is 0 Å². The second-order valence-electron chi connectivity index (χ2n) is 6.33. The smallest absolute Gasteiger partial charge is 0.0190 e. The molecule has 2 nitrogen and oxygen atoms in total. The molecule has 0 aliphatic heterocycles. The maximum Gasteiger partial charge on any atom is 0.0190 e. The van der Waals surface area contributed by atoms with Gasteiger partial charge in [0.1, 0.15) is 0 Å². The molecule has 2 heteroatoms. The quantitative estimate of drug-likeness (QED) is 0.678. The number of hydrogen-bond donors (Lipinski definition) is 2. The molecule has 2 aliphatic rings. The normalized spacial score (nSPS) is 26.6. The lowest BCUT2D eigenvalue weighted by atomic mass is 9.79. The zero-order valence-corrected chi connectivity index (χ0v) is 11.1. The molecular weight excluding hydrogens is 196 g/mol. The van der Waals surface area contributed by atoms with Crippen LogP contribution >= 0.6 is 0 Å². The molecule has 2 N–H and O–H groups in total. The van der Waals surface area contributed by atoms with E-state index in [1.165, 1.54) is 64.5 Å². The maximum atomic E-state index is 3.65. The highest BCUT2D eigenvalue weighted by Gasteiger charge is 2.36. The average Bonchev–Trinajstić information content (AvgIpc) is 3.05. The maximum absolute atomic E-state index is 3.65. The van der Waals surface area contributed by atoms with Gasteiger partial charge >= 0.3 is 0 Å². The van der Waals surface area contributed by atoms with Crippen LogP contribution in [0.5, 0.6) is 0 Å². The summed E-state index contributed by atoms with van der Waals surface area (Å²) in [5.41, 5.74) is 1.11. The zero-order valence-electron chi connectivity index (χ0n) is 11.1. The third-order valence-corrected chi connectivity index (χ3v) is 4.78. The first kappa shape index (κ1) is 12.4. The molecule has 0 heterocycles. The third-order valence-electron chi connectivity index (χ3n) is 4.78. The topological polar surface area (TPSA) is 24.1 Å². The van der Waals surface area contributed by atoms with Crippen molar-refractivity contribution >= 4 is 0 Å². The van der Waals surface area contributed by atoms with Crippen LogP contribution in [0, 0.1) is 5.41 Å². The van der Waals surface area contributed by atoms with Gasteiger partial charge in [-0.2, -0.15) is 0 Å². The van der Waals surface area contributed by atoms with Gasteiger partial charge in [0.15, 0.2) is 0 Å². The lowest BCUT2D eigenvalue weighted by Crippen LogP contribution is -2.46. The Hall–Kier alpha value is -0.0800. The molecule has 0 unspecified atom stereocenters. The van der Waals surface area contributed by atoms with Gasteiger partial charge in [-0.3, -0.25) is 0 Å². The summed E-state index contributed by atoms with van der Waals surface area (Å²) in [6.45, 7) is 4.82. The van der Waals surface area contributed by atoms with E-state index in [2.05, 4.69) is 24.6 Å².